The zero-order chi connectivity index (χ0) is 18.2. The van der Waals surface area contributed by atoms with Gasteiger partial charge >= 0.3 is 0 Å². The second-order valence-corrected chi connectivity index (χ2v) is 9.62. The molecule has 0 saturated carbocycles. The van der Waals surface area contributed by atoms with Gasteiger partial charge in [-0.3, -0.25) is 4.79 Å². The van der Waals surface area contributed by atoms with E-state index in [2.05, 4.69) is 6.07 Å². The van der Waals surface area contributed by atoms with Crippen LogP contribution in [0.15, 0.2) is 24.3 Å². The highest BCUT2D eigenvalue weighted by Gasteiger charge is 2.51. The van der Waals surface area contributed by atoms with Crippen molar-refractivity contribution in [2.24, 2.45) is 5.41 Å². The second kappa shape index (κ2) is 6.70. The molecule has 138 valence electrons. The first-order valence-corrected chi connectivity index (χ1v) is 10.2. The molecular formula is C18H27N3O3S. The smallest absolute Gasteiger partial charge is 0.281 e. The van der Waals surface area contributed by atoms with E-state index in [1.165, 1.54) is 28.3 Å². The Kier molecular flexibility index (Phi) is 4.92. The molecule has 0 N–H and O–H groups in total. The summed E-state index contributed by atoms with van der Waals surface area (Å²) in [4.78, 5) is 15.1. The van der Waals surface area contributed by atoms with E-state index in [0.717, 1.165) is 24.9 Å². The molecule has 2 heterocycles. The lowest BCUT2D eigenvalue weighted by molar-refractivity contribution is -0.146. The predicted octanol–water partition coefficient (Wildman–Crippen LogP) is 1.62. The summed E-state index contributed by atoms with van der Waals surface area (Å²) < 4.78 is 27.5. The van der Waals surface area contributed by atoms with Crippen molar-refractivity contribution in [2.45, 2.75) is 32.7 Å². The van der Waals surface area contributed by atoms with Crippen molar-refractivity contribution in [3.63, 3.8) is 0 Å². The molecule has 2 aliphatic rings. The molecule has 2 aliphatic heterocycles. The molecule has 1 unspecified atom stereocenters. The third kappa shape index (κ3) is 3.45. The highest BCUT2D eigenvalue weighted by Crippen LogP contribution is 2.41. The highest BCUT2D eigenvalue weighted by atomic mass is 32.2. The first-order chi connectivity index (χ1) is 11.7. The van der Waals surface area contributed by atoms with Crippen LogP contribution < -0.4 is 0 Å². The molecule has 3 rings (SSSR count). The molecule has 7 heteroatoms. The van der Waals surface area contributed by atoms with Crippen LogP contribution in [0, 0.1) is 12.3 Å². The summed E-state index contributed by atoms with van der Waals surface area (Å²) in [6.45, 7) is 4.11. The van der Waals surface area contributed by atoms with Crippen molar-refractivity contribution in [2.75, 3.05) is 33.7 Å². The van der Waals surface area contributed by atoms with E-state index >= 15 is 0 Å². The first kappa shape index (κ1) is 18.4. The molecule has 0 aromatic heterocycles. The fraction of sp³-hybridized carbons (Fsp3) is 0.611. The van der Waals surface area contributed by atoms with Crippen LogP contribution in [0.1, 0.15) is 30.4 Å². The summed E-state index contributed by atoms with van der Waals surface area (Å²) in [6, 6.07) is 8.20. The number of rotatable bonds is 4. The first-order valence-electron chi connectivity index (χ1n) is 8.77. The van der Waals surface area contributed by atoms with Crippen LogP contribution in [0.5, 0.6) is 0 Å². The standard InChI is InChI=1S/C18H27N3O3S/c1-15-6-4-7-16(12-15)13-20-10-5-8-18(17(20)22)9-11-21(14-18)25(23,24)19(2)3/h4,6-7,12H,5,8-11,13-14H2,1-3H3. The minimum Gasteiger partial charge on any atom is -0.338 e. The van der Waals surface area contributed by atoms with Crippen molar-refractivity contribution in [3.05, 3.63) is 35.4 Å². The molecular weight excluding hydrogens is 338 g/mol. The molecule has 1 spiro atoms. The van der Waals surface area contributed by atoms with Gasteiger partial charge in [-0.1, -0.05) is 29.8 Å². The molecule has 1 aromatic carbocycles. The normalized spacial score (nSPS) is 25.3. The molecule has 2 saturated heterocycles. The number of carbonyl (C=O) groups is 1. The van der Waals surface area contributed by atoms with Gasteiger partial charge in [-0.15, -0.1) is 0 Å². The van der Waals surface area contributed by atoms with E-state index in [1.54, 1.807) is 0 Å². The minimum atomic E-state index is -3.46. The van der Waals surface area contributed by atoms with Crippen molar-refractivity contribution in [1.82, 2.24) is 13.5 Å². The van der Waals surface area contributed by atoms with E-state index < -0.39 is 15.6 Å². The minimum absolute atomic E-state index is 0.108. The van der Waals surface area contributed by atoms with Crippen molar-refractivity contribution >= 4 is 16.1 Å². The predicted molar refractivity (Wildman–Crippen MR) is 97.1 cm³/mol. The Balaban J connectivity index is 1.76. The van der Waals surface area contributed by atoms with Gasteiger partial charge in [0.2, 0.25) is 5.91 Å². The van der Waals surface area contributed by atoms with Gasteiger partial charge in [0.1, 0.15) is 0 Å². The zero-order valence-electron chi connectivity index (χ0n) is 15.2. The average molecular weight is 365 g/mol. The Labute approximate surface area is 150 Å². The van der Waals surface area contributed by atoms with Gasteiger partial charge in [-0.25, -0.2) is 0 Å². The van der Waals surface area contributed by atoms with Crippen LogP contribution in [0.2, 0.25) is 0 Å². The maximum atomic E-state index is 13.2. The molecule has 0 aliphatic carbocycles. The van der Waals surface area contributed by atoms with Crippen LogP contribution in [0.25, 0.3) is 0 Å². The SMILES string of the molecule is Cc1cccc(CN2CCCC3(CCN(S(=O)(=O)N(C)C)C3)C2=O)c1. The quantitative estimate of drug-likeness (QED) is 0.815. The average Bonchev–Trinajstić information content (AvgIpc) is 2.98. The third-order valence-electron chi connectivity index (χ3n) is 5.39. The van der Waals surface area contributed by atoms with Crippen molar-refractivity contribution in [3.8, 4) is 0 Å². The molecule has 6 nitrogen and oxygen atoms in total. The Bertz CT molecular complexity index is 763. The Morgan fingerprint density at radius 2 is 1.96 bits per heavy atom. The molecule has 1 atom stereocenters. The maximum Gasteiger partial charge on any atom is 0.281 e. The molecule has 25 heavy (non-hydrogen) atoms. The summed E-state index contributed by atoms with van der Waals surface area (Å²) in [6.07, 6.45) is 2.31. The number of amides is 1. The van der Waals surface area contributed by atoms with Gasteiger partial charge in [0.15, 0.2) is 0 Å². The number of aryl methyl sites for hydroxylation is 1. The van der Waals surface area contributed by atoms with Crippen molar-refractivity contribution in [1.29, 1.82) is 0 Å². The fourth-order valence-electron chi connectivity index (χ4n) is 3.97. The van der Waals surface area contributed by atoms with Gasteiger partial charge < -0.3 is 4.90 Å². The topological polar surface area (TPSA) is 60.9 Å². The molecule has 1 amide bonds. The van der Waals surface area contributed by atoms with E-state index in [-0.39, 0.29) is 5.91 Å². The van der Waals surface area contributed by atoms with Crippen molar-refractivity contribution < 1.29 is 13.2 Å². The summed E-state index contributed by atoms with van der Waals surface area (Å²) in [5, 5.41) is 0. The lowest BCUT2D eigenvalue weighted by atomic mass is 9.78. The number of benzene rings is 1. The summed E-state index contributed by atoms with van der Waals surface area (Å²) in [5.74, 6) is 0.108. The number of likely N-dealkylation sites (tertiary alicyclic amines) is 1. The lowest BCUT2D eigenvalue weighted by Crippen LogP contribution is -2.50. The Hall–Kier alpha value is -1.44. The van der Waals surface area contributed by atoms with Gasteiger partial charge in [-0.05, 0) is 31.7 Å². The van der Waals surface area contributed by atoms with E-state index in [0.29, 0.717) is 26.1 Å². The summed E-state index contributed by atoms with van der Waals surface area (Å²) in [7, 11) is -0.392. The maximum absolute atomic E-state index is 13.2. The van der Waals surface area contributed by atoms with Crippen LogP contribution in [-0.2, 0) is 21.5 Å². The highest BCUT2D eigenvalue weighted by molar-refractivity contribution is 7.86. The van der Waals surface area contributed by atoms with Gasteiger partial charge in [0.05, 0.1) is 5.41 Å². The van der Waals surface area contributed by atoms with Crippen LogP contribution >= 0.6 is 0 Å². The fourth-order valence-corrected chi connectivity index (χ4v) is 5.17. The van der Waals surface area contributed by atoms with Gasteiger partial charge in [0.25, 0.3) is 10.2 Å². The molecule has 1 aromatic rings. The Morgan fingerprint density at radius 1 is 1.20 bits per heavy atom. The number of carbonyl (C=O) groups excluding carboxylic acids is 1. The van der Waals surface area contributed by atoms with E-state index in [9.17, 15) is 13.2 Å². The van der Waals surface area contributed by atoms with Gasteiger partial charge in [-0.2, -0.15) is 17.0 Å². The second-order valence-electron chi connectivity index (χ2n) is 7.47. The molecule has 2 fully saturated rings. The molecule has 0 radical (unpaired) electrons. The molecule has 0 bridgehead atoms. The number of piperidine rings is 1. The monoisotopic (exact) mass is 365 g/mol. The third-order valence-corrected chi connectivity index (χ3v) is 7.27. The van der Waals surface area contributed by atoms with E-state index in [1.807, 2.05) is 30.0 Å². The van der Waals surface area contributed by atoms with Crippen LogP contribution in [-0.4, -0.2) is 61.6 Å². The zero-order valence-corrected chi connectivity index (χ0v) is 16.1. The lowest BCUT2D eigenvalue weighted by Gasteiger charge is -2.39. The van der Waals surface area contributed by atoms with Crippen LogP contribution in [0.3, 0.4) is 0 Å². The van der Waals surface area contributed by atoms with E-state index in [4.69, 9.17) is 0 Å². The van der Waals surface area contributed by atoms with Crippen LogP contribution in [0.4, 0.5) is 0 Å². The number of hydrogen-bond acceptors (Lipinski definition) is 3. The number of nitrogens with zero attached hydrogens (tertiary/aromatic N) is 3. The summed E-state index contributed by atoms with van der Waals surface area (Å²) in [5.41, 5.74) is 1.76. The number of hydrogen-bond donors (Lipinski definition) is 0. The summed E-state index contributed by atoms with van der Waals surface area (Å²) >= 11 is 0. The largest absolute Gasteiger partial charge is 0.338 e. The van der Waals surface area contributed by atoms with Gasteiger partial charge in [0, 0.05) is 40.3 Å². The Morgan fingerprint density at radius 3 is 2.64 bits per heavy atom.